The lowest BCUT2D eigenvalue weighted by Gasteiger charge is -2.43. The van der Waals surface area contributed by atoms with E-state index in [9.17, 15) is 0 Å². The zero-order chi connectivity index (χ0) is 14.2. The number of hydrogen-bond acceptors (Lipinski definition) is 2. The van der Waals surface area contributed by atoms with Gasteiger partial charge < -0.3 is 10.6 Å². The summed E-state index contributed by atoms with van der Waals surface area (Å²) in [5, 5.41) is 0. The minimum Gasteiger partial charge on any atom is -0.367 e. The van der Waals surface area contributed by atoms with Gasteiger partial charge >= 0.3 is 0 Å². The fourth-order valence-electron chi connectivity index (χ4n) is 3.07. The number of nitrogens with two attached hydrogens (primary N) is 1. The maximum absolute atomic E-state index is 5.95. The van der Waals surface area contributed by atoms with Crippen LogP contribution in [-0.4, -0.2) is 12.6 Å². The van der Waals surface area contributed by atoms with Crippen LogP contribution in [0.25, 0.3) is 0 Å². The van der Waals surface area contributed by atoms with Gasteiger partial charge in [-0.15, -0.1) is 0 Å². The number of rotatable bonds is 2. The van der Waals surface area contributed by atoms with Gasteiger partial charge in [0.05, 0.1) is 5.69 Å². The van der Waals surface area contributed by atoms with E-state index in [1.807, 2.05) is 6.92 Å². The molecular weight excluding hydrogens is 300 g/mol. The van der Waals surface area contributed by atoms with Gasteiger partial charge in [-0.05, 0) is 65.7 Å². The van der Waals surface area contributed by atoms with Gasteiger partial charge in [0.25, 0.3) is 0 Å². The molecule has 1 heterocycles. The summed E-state index contributed by atoms with van der Waals surface area (Å²) in [7, 11) is 0. The van der Waals surface area contributed by atoms with Crippen LogP contribution in [0.2, 0.25) is 0 Å². The number of hydrogen-bond donors (Lipinski definition) is 1. The third-order valence-electron chi connectivity index (χ3n) is 4.40. The Morgan fingerprint density at radius 2 is 2.00 bits per heavy atom. The molecule has 1 fully saturated rings. The molecule has 2 nitrogen and oxygen atoms in total. The lowest BCUT2D eigenvalue weighted by atomic mass is 9.85. The van der Waals surface area contributed by atoms with E-state index in [0.717, 1.165) is 22.9 Å². The Bertz CT molecular complexity index is 444. The average Bonchev–Trinajstić information content (AvgIpc) is 2.33. The Morgan fingerprint density at radius 1 is 1.32 bits per heavy atom. The molecule has 4 atom stereocenters. The van der Waals surface area contributed by atoms with E-state index >= 15 is 0 Å². The molecule has 0 saturated carbocycles. The molecule has 0 amide bonds. The average molecular weight is 325 g/mol. The monoisotopic (exact) mass is 324 g/mol. The SMILES string of the molecule is CC1CC(C)C(C)N(c2ccc([C@H](C)N)cc2Br)C1. The van der Waals surface area contributed by atoms with Crippen molar-refractivity contribution >= 4 is 21.6 Å². The third-order valence-corrected chi connectivity index (χ3v) is 5.04. The maximum atomic E-state index is 5.95. The highest BCUT2D eigenvalue weighted by Gasteiger charge is 2.29. The van der Waals surface area contributed by atoms with Crippen molar-refractivity contribution in [3.05, 3.63) is 28.2 Å². The van der Waals surface area contributed by atoms with Gasteiger partial charge in [-0.3, -0.25) is 0 Å². The molecule has 3 unspecified atom stereocenters. The fraction of sp³-hybridized carbons (Fsp3) is 0.625. The molecule has 3 heteroatoms. The highest BCUT2D eigenvalue weighted by atomic mass is 79.9. The van der Waals surface area contributed by atoms with Crippen molar-refractivity contribution in [1.82, 2.24) is 0 Å². The van der Waals surface area contributed by atoms with E-state index in [1.165, 1.54) is 17.7 Å². The van der Waals surface area contributed by atoms with Crippen LogP contribution in [0.4, 0.5) is 5.69 Å². The summed E-state index contributed by atoms with van der Waals surface area (Å²) in [6.07, 6.45) is 1.33. The van der Waals surface area contributed by atoms with Crippen molar-refractivity contribution < 1.29 is 0 Å². The second kappa shape index (κ2) is 5.84. The first-order chi connectivity index (χ1) is 8.90. The Labute approximate surface area is 125 Å². The molecule has 0 spiro atoms. The molecular formula is C16H25BrN2. The van der Waals surface area contributed by atoms with Crippen molar-refractivity contribution in [2.75, 3.05) is 11.4 Å². The number of piperidine rings is 1. The molecule has 2 N–H and O–H groups in total. The van der Waals surface area contributed by atoms with Gasteiger partial charge in [-0.25, -0.2) is 0 Å². The van der Waals surface area contributed by atoms with E-state index < -0.39 is 0 Å². The number of benzene rings is 1. The summed E-state index contributed by atoms with van der Waals surface area (Å²) in [6.45, 7) is 10.2. The quantitative estimate of drug-likeness (QED) is 0.876. The second-order valence-electron chi connectivity index (χ2n) is 6.21. The number of halogens is 1. The topological polar surface area (TPSA) is 29.3 Å². The Balaban J connectivity index is 2.30. The van der Waals surface area contributed by atoms with E-state index in [4.69, 9.17) is 5.73 Å². The molecule has 1 saturated heterocycles. The standard InChI is InChI=1S/C16H25BrN2/c1-10-7-11(2)13(4)19(9-10)16-6-5-14(12(3)18)8-15(16)17/h5-6,8,10-13H,7,9,18H2,1-4H3/t10?,11?,12-,13?/m0/s1. The summed E-state index contributed by atoms with van der Waals surface area (Å²) in [5.41, 5.74) is 8.43. The van der Waals surface area contributed by atoms with E-state index in [0.29, 0.717) is 6.04 Å². The van der Waals surface area contributed by atoms with Gasteiger partial charge in [0.1, 0.15) is 0 Å². The summed E-state index contributed by atoms with van der Waals surface area (Å²) < 4.78 is 1.16. The largest absolute Gasteiger partial charge is 0.367 e. The van der Waals surface area contributed by atoms with Crippen LogP contribution in [0.5, 0.6) is 0 Å². The second-order valence-corrected chi connectivity index (χ2v) is 7.06. The number of nitrogens with zero attached hydrogens (tertiary/aromatic N) is 1. The molecule has 19 heavy (non-hydrogen) atoms. The lowest BCUT2D eigenvalue weighted by molar-refractivity contribution is 0.297. The molecule has 1 aliphatic heterocycles. The highest BCUT2D eigenvalue weighted by Crippen LogP contribution is 2.36. The van der Waals surface area contributed by atoms with Crippen LogP contribution in [-0.2, 0) is 0 Å². The molecule has 1 aromatic carbocycles. The zero-order valence-electron chi connectivity index (χ0n) is 12.4. The summed E-state index contributed by atoms with van der Waals surface area (Å²) in [5.74, 6) is 1.50. The minimum absolute atomic E-state index is 0.0852. The van der Waals surface area contributed by atoms with Crippen LogP contribution < -0.4 is 10.6 Å². The van der Waals surface area contributed by atoms with Gasteiger partial charge in [0, 0.05) is 23.1 Å². The first kappa shape index (κ1) is 14.9. The van der Waals surface area contributed by atoms with E-state index in [-0.39, 0.29) is 6.04 Å². The van der Waals surface area contributed by atoms with Crippen LogP contribution in [0, 0.1) is 11.8 Å². The van der Waals surface area contributed by atoms with E-state index in [2.05, 4.69) is 59.8 Å². The van der Waals surface area contributed by atoms with E-state index in [1.54, 1.807) is 0 Å². The predicted octanol–water partition coefficient (Wildman–Crippen LogP) is 4.34. The Hall–Kier alpha value is -0.540. The van der Waals surface area contributed by atoms with Gasteiger partial charge in [-0.2, -0.15) is 0 Å². The zero-order valence-corrected chi connectivity index (χ0v) is 13.9. The molecule has 2 rings (SSSR count). The van der Waals surface area contributed by atoms with Crippen LogP contribution in [0.15, 0.2) is 22.7 Å². The molecule has 0 aliphatic carbocycles. The molecule has 1 aromatic rings. The highest BCUT2D eigenvalue weighted by molar-refractivity contribution is 9.10. The summed E-state index contributed by atoms with van der Waals surface area (Å²) >= 11 is 3.72. The molecule has 0 aromatic heterocycles. The smallest absolute Gasteiger partial charge is 0.0513 e. The third kappa shape index (κ3) is 3.14. The molecule has 1 aliphatic rings. The van der Waals surface area contributed by atoms with Gasteiger partial charge in [0.15, 0.2) is 0 Å². The van der Waals surface area contributed by atoms with Crippen molar-refractivity contribution in [3.63, 3.8) is 0 Å². The van der Waals surface area contributed by atoms with Crippen molar-refractivity contribution in [2.24, 2.45) is 17.6 Å². The molecule has 0 radical (unpaired) electrons. The van der Waals surface area contributed by atoms with Crippen LogP contribution in [0.3, 0.4) is 0 Å². The first-order valence-electron chi connectivity index (χ1n) is 7.21. The lowest BCUT2D eigenvalue weighted by Crippen LogP contribution is -2.46. The molecule has 0 bridgehead atoms. The minimum atomic E-state index is 0.0852. The Morgan fingerprint density at radius 3 is 2.58 bits per heavy atom. The van der Waals surface area contributed by atoms with Crippen molar-refractivity contribution in [3.8, 4) is 0 Å². The first-order valence-corrected chi connectivity index (χ1v) is 8.01. The van der Waals surface area contributed by atoms with Crippen molar-refractivity contribution in [2.45, 2.75) is 46.2 Å². The van der Waals surface area contributed by atoms with Gasteiger partial charge in [0.2, 0.25) is 0 Å². The Kier molecular flexibility index (Phi) is 4.57. The summed E-state index contributed by atoms with van der Waals surface area (Å²) in [6, 6.07) is 7.21. The molecule has 106 valence electrons. The van der Waals surface area contributed by atoms with Crippen LogP contribution in [0.1, 0.15) is 45.7 Å². The summed E-state index contributed by atoms with van der Waals surface area (Å²) in [4.78, 5) is 2.54. The van der Waals surface area contributed by atoms with Crippen LogP contribution >= 0.6 is 15.9 Å². The normalized spacial score (nSPS) is 29.4. The maximum Gasteiger partial charge on any atom is 0.0513 e. The predicted molar refractivity (Wildman–Crippen MR) is 86.5 cm³/mol. The number of anilines is 1. The fourth-order valence-corrected chi connectivity index (χ4v) is 3.70. The van der Waals surface area contributed by atoms with Crippen molar-refractivity contribution in [1.29, 1.82) is 0 Å². The van der Waals surface area contributed by atoms with Gasteiger partial charge in [-0.1, -0.05) is 19.9 Å².